The fourth-order valence-electron chi connectivity index (χ4n) is 3.56. The maximum atomic E-state index is 13.3. The molecule has 1 heterocycles. The largest absolute Gasteiger partial charge is 0.391 e. The summed E-state index contributed by atoms with van der Waals surface area (Å²) in [6, 6.07) is 4.78. The summed E-state index contributed by atoms with van der Waals surface area (Å²) in [4.78, 5) is 16.6. The lowest BCUT2D eigenvalue weighted by Crippen LogP contribution is -2.53. The molecule has 2 atom stereocenters. The number of aliphatic hydroxyl groups is 1. The van der Waals surface area contributed by atoms with Crippen LogP contribution in [0.5, 0.6) is 0 Å². The molecule has 2 fully saturated rings. The predicted molar refractivity (Wildman–Crippen MR) is 82.3 cm³/mol. The van der Waals surface area contributed by atoms with Crippen LogP contribution in [0.2, 0.25) is 0 Å². The minimum Gasteiger partial charge on any atom is -0.391 e. The second kappa shape index (κ2) is 6.34. The molecule has 5 heteroatoms. The molecule has 0 spiro atoms. The fraction of sp³-hybridized carbons (Fsp3) is 0.588. The Bertz CT molecular complexity index is 556. The highest BCUT2D eigenvalue weighted by atomic mass is 19.1. The first kappa shape index (κ1) is 15.4. The highest BCUT2D eigenvalue weighted by Gasteiger charge is 2.33. The molecule has 2 aliphatic rings. The number of carbonyl (C=O) groups is 1. The molecule has 1 N–H and O–H groups in total. The smallest absolute Gasteiger partial charge is 0.253 e. The summed E-state index contributed by atoms with van der Waals surface area (Å²) < 4.78 is 13.3. The number of piperazine rings is 1. The van der Waals surface area contributed by atoms with Crippen molar-refractivity contribution < 1.29 is 14.3 Å². The topological polar surface area (TPSA) is 43.8 Å². The second-order valence-corrected chi connectivity index (χ2v) is 6.36. The van der Waals surface area contributed by atoms with E-state index in [1.807, 2.05) is 4.90 Å². The third kappa shape index (κ3) is 3.01. The Hall–Kier alpha value is -1.46. The number of halogens is 1. The number of nitrogens with zero attached hydrogens (tertiary/aromatic N) is 2. The molecule has 3 rings (SSSR count). The molecule has 0 bridgehead atoms. The van der Waals surface area contributed by atoms with Gasteiger partial charge in [0.1, 0.15) is 5.82 Å². The van der Waals surface area contributed by atoms with Crippen LogP contribution in [0.4, 0.5) is 4.39 Å². The van der Waals surface area contributed by atoms with Gasteiger partial charge in [0, 0.05) is 37.8 Å². The van der Waals surface area contributed by atoms with Crippen molar-refractivity contribution in [2.24, 2.45) is 0 Å². The molecular weight excluding hydrogens is 283 g/mol. The molecule has 1 aromatic carbocycles. The average Bonchev–Trinajstić information content (AvgIpc) is 2.95. The van der Waals surface area contributed by atoms with Crippen LogP contribution in [-0.2, 0) is 0 Å². The molecular formula is C17H23FN2O2. The third-order valence-electron chi connectivity index (χ3n) is 4.92. The molecule has 4 nitrogen and oxygen atoms in total. The van der Waals surface area contributed by atoms with E-state index in [2.05, 4.69) is 4.90 Å². The average molecular weight is 306 g/mol. The van der Waals surface area contributed by atoms with Crippen molar-refractivity contribution >= 4 is 5.91 Å². The molecule has 0 radical (unpaired) electrons. The van der Waals surface area contributed by atoms with Crippen molar-refractivity contribution in [3.63, 3.8) is 0 Å². The highest BCUT2D eigenvalue weighted by molar-refractivity contribution is 5.94. The zero-order valence-corrected chi connectivity index (χ0v) is 13.0. The van der Waals surface area contributed by atoms with Crippen molar-refractivity contribution in [1.29, 1.82) is 0 Å². The number of amides is 1. The number of aryl methyl sites for hydroxylation is 1. The Morgan fingerprint density at radius 1 is 1.23 bits per heavy atom. The standard InChI is InChI=1S/C17H23FN2O2/c1-12-11-13(5-6-14(12)18)17(22)20-9-7-19(8-10-20)15-3-2-4-16(15)21/h5-6,11,15-16,21H,2-4,7-10H2,1H3/t15-,16-/m0/s1. The van der Waals surface area contributed by atoms with Gasteiger partial charge < -0.3 is 10.0 Å². The van der Waals surface area contributed by atoms with Gasteiger partial charge in [-0.15, -0.1) is 0 Å². The Morgan fingerprint density at radius 3 is 2.55 bits per heavy atom. The van der Waals surface area contributed by atoms with Crippen LogP contribution in [0, 0.1) is 12.7 Å². The van der Waals surface area contributed by atoms with Crippen molar-refractivity contribution in [1.82, 2.24) is 9.80 Å². The van der Waals surface area contributed by atoms with E-state index in [-0.39, 0.29) is 23.9 Å². The van der Waals surface area contributed by atoms with E-state index >= 15 is 0 Å². The van der Waals surface area contributed by atoms with Gasteiger partial charge in [0.15, 0.2) is 0 Å². The van der Waals surface area contributed by atoms with Gasteiger partial charge in [-0.05, 0) is 49.9 Å². The van der Waals surface area contributed by atoms with Gasteiger partial charge in [-0.2, -0.15) is 0 Å². The number of rotatable bonds is 2. The molecule has 1 saturated heterocycles. The van der Waals surface area contributed by atoms with Crippen molar-refractivity contribution in [3.05, 3.63) is 35.1 Å². The van der Waals surface area contributed by atoms with Gasteiger partial charge >= 0.3 is 0 Å². The van der Waals surface area contributed by atoms with Crippen LogP contribution in [0.3, 0.4) is 0 Å². The Kier molecular flexibility index (Phi) is 4.45. The van der Waals surface area contributed by atoms with E-state index < -0.39 is 0 Å². The van der Waals surface area contributed by atoms with Gasteiger partial charge in [-0.1, -0.05) is 0 Å². The van der Waals surface area contributed by atoms with Crippen LogP contribution in [0.1, 0.15) is 35.2 Å². The Labute approximate surface area is 130 Å². The van der Waals surface area contributed by atoms with E-state index in [4.69, 9.17) is 0 Å². The lowest BCUT2D eigenvalue weighted by molar-refractivity contribution is 0.0315. The Morgan fingerprint density at radius 2 is 1.95 bits per heavy atom. The lowest BCUT2D eigenvalue weighted by atomic mass is 10.1. The van der Waals surface area contributed by atoms with Crippen molar-refractivity contribution in [2.45, 2.75) is 38.3 Å². The molecule has 1 aliphatic heterocycles. The lowest BCUT2D eigenvalue weighted by Gasteiger charge is -2.39. The zero-order chi connectivity index (χ0) is 15.7. The first-order valence-corrected chi connectivity index (χ1v) is 8.04. The minimum absolute atomic E-state index is 0.0327. The van der Waals surface area contributed by atoms with Gasteiger partial charge in [0.05, 0.1) is 6.10 Å². The maximum absolute atomic E-state index is 13.3. The molecule has 1 amide bonds. The molecule has 22 heavy (non-hydrogen) atoms. The fourth-order valence-corrected chi connectivity index (χ4v) is 3.56. The van der Waals surface area contributed by atoms with Crippen LogP contribution in [0.25, 0.3) is 0 Å². The number of carbonyl (C=O) groups excluding carboxylic acids is 1. The van der Waals surface area contributed by atoms with E-state index in [0.29, 0.717) is 24.2 Å². The third-order valence-corrected chi connectivity index (χ3v) is 4.92. The van der Waals surface area contributed by atoms with Gasteiger partial charge in [-0.25, -0.2) is 4.39 Å². The highest BCUT2D eigenvalue weighted by Crippen LogP contribution is 2.25. The summed E-state index contributed by atoms with van der Waals surface area (Å²) in [5, 5.41) is 9.99. The monoisotopic (exact) mass is 306 g/mol. The van der Waals surface area contributed by atoms with Crippen molar-refractivity contribution in [2.75, 3.05) is 26.2 Å². The predicted octanol–water partition coefficient (Wildman–Crippen LogP) is 1.81. The van der Waals surface area contributed by atoms with Gasteiger partial charge in [0.2, 0.25) is 0 Å². The summed E-state index contributed by atoms with van der Waals surface area (Å²) in [7, 11) is 0. The summed E-state index contributed by atoms with van der Waals surface area (Å²) in [6.07, 6.45) is 2.80. The van der Waals surface area contributed by atoms with E-state index in [1.54, 1.807) is 19.1 Å². The first-order chi connectivity index (χ1) is 10.6. The van der Waals surface area contributed by atoms with E-state index in [1.165, 1.54) is 6.07 Å². The minimum atomic E-state index is -0.281. The summed E-state index contributed by atoms with van der Waals surface area (Å²) >= 11 is 0. The number of aliphatic hydroxyl groups excluding tert-OH is 1. The van der Waals surface area contributed by atoms with Crippen LogP contribution in [-0.4, -0.2) is 59.1 Å². The van der Waals surface area contributed by atoms with Gasteiger partial charge in [0.25, 0.3) is 5.91 Å². The molecule has 1 aromatic rings. The molecule has 1 aliphatic carbocycles. The van der Waals surface area contributed by atoms with E-state index in [9.17, 15) is 14.3 Å². The summed E-state index contributed by atoms with van der Waals surface area (Å²) in [6.45, 7) is 4.60. The first-order valence-electron chi connectivity index (χ1n) is 8.04. The Balaban J connectivity index is 1.61. The molecule has 1 saturated carbocycles. The maximum Gasteiger partial charge on any atom is 0.253 e. The molecule has 0 aromatic heterocycles. The van der Waals surface area contributed by atoms with E-state index in [0.717, 1.165) is 32.4 Å². The van der Waals surface area contributed by atoms with Crippen LogP contribution < -0.4 is 0 Å². The SMILES string of the molecule is Cc1cc(C(=O)N2CCN([C@H]3CCC[C@@H]3O)CC2)ccc1F. The number of hydrogen-bond acceptors (Lipinski definition) is 3. The van der Waals surface area contributed by atoms with Crippen LogP contribution in [0.15, 0.2) is 18.2 Å². The quantitative estimate of drug-likeness (QED) is 0.906. The summed E-state index contributed by atoms with van der Waals surface area (Å²) in [5.41, 5.74) is 1.05. The summed E-state index contributed by atoms with van der Waals surface area (Å²) in [5.74, 6) is -0.314. The number of benzene rings is 1. The van der Waals surface area contributed by atoms with Gasteiger partial charge in [-0.3, -0.25) is 9.69 Å². The zero-order valence-electron chi connectivity index (χ0n) is 13.0. The van der Waals surface area contributed by atoms with Crippen LogP contribution >= 0.6 is 0 Å². The van der Waals surface area contributed by atoms with Crippen molar-refractivity contribution in [3.8, 4) is 0 Å². The molecule has 120 valence electrons. The molecule has 0 unspecified atom stereocenters. The second-order valence-electron chi connectivity index (χ2n) is 6.36. The normalized spacial score (nSPS) is 26.4. The number of hydrogen-bond donors (Lipinski definition) is 1.